The predicted molar refractivity (Wildman–Crippen MR) is 82.7 cm³/mol. The molecule has 1 atom stereocenters. The number of hydrogen-bond acceptors (Lipinski definition) is 3. The van der Waals surface area contributed by atoms with Gasteiger partial charge in [0.05, 0.1) is 6.04 Å². The van der Waals surface area contributed by atoms with E-state index >= 15 is 0 Å². The Kier molecular flexibility index (Phi) is 5.85. The van der Waals surface area contributed by atoms with Gasteiger partial charge in [0.25, 0.3) is 0 Å². The number of nitrogens with one attached hydrogen (secondary N) is 1. The smallest absolute Gasteiger partial charge is 0.239 e. The Hall–Kier alpha value is -0.610. The lowest BCUT2D eigenvalue weighted by molar-refractivity contribution is -0.136. The Morgan fingerprint density at radius 2 is 1.75 bits per heavy atom. The van der Waals surface area contributed by atoms with Gasteiger partial charge in [-0.1, -0.05) is 0 Å². The number of rotatable bonds is 7. The summed E-state index contributed by atoms with van der Waals surface area (Å²) in [4.78, 5) is 17.1. The lowest BCUT2D eigenvalue weighted by atomic mass is 9.96. The van der Waals surface area contributed by atoms with Crippen LogP contribution >= 0.6 is 0 Å². The van der Waals surface area contributed by atoms with Crippen LogP contribution in [0.25, 0.3) is 0 Å². The Morgan fingerprint density at radius 1 is 1.15 bits per heavy atom. The molecule has 1 aliphatic carbocycles. The van der Waals surface area contributed by atoms with E-state index < -0.39 is 0 Å². The van der Waals surface area contributed by atoms with Gasteiger partial charge in [-0.25, -0.2) is 0 Å². The van der Waals surface area contributed by atoms with Gasteiger partial charge < -0.3 is 10.2 Å². The van der Waals surface area contributed by atoms with Crippen LogP contribution in [-0.4, -0.2) is 60.5 Å². The lowest BCUT2D eigenvalue weighted by Gasteiger charge is -2.35. The standard InChI is InChI=1S/C16H31N3O/c1-4-18(5-2)16(20)13(3)19(15-6-7-15)12-14-8-10-17-11-9-14/h13-15,17H,4-12H2,1-3H3. The van der Waals surface area contributed by atoms with Crippen molar-refractivity contribution in [2.75, 3.05) is 32.7 Å². The van der Waals surface area contributed by atoms with Crippen LogP contribution in [0.1, 0.15) is 46.5 Å². The fourth-order valence-electron chi connectivity index (χ4n) is 3.33. The Labute approximate surface area is 123 Å². The summed E-state index contributed by atoms with van der Waals surface area (Å²) in [5, 5.41) is 3.43. The quantitative estimate of drug-likeness (QED) is 0.771. The first-order valence-electron chi connectivity index (χ1n) is 8.42. The molecule has 0 bridgehead atoms. The summed E-state index contributed by atoms with van der Waals surface area (Å²) >= 11 is 0. The van der Waals surface area contributed by atoms with E-state index in [1.807, 2.05) is 4.90 Å². The van der Waals surface area contributed by atoms with E-state index in [0.717, 1.165) is 38.6 Å². The molecule has 1 unspecified atom stereocenters. The van der Waals surface area contributed by atoms with Crippen molar-refractivity contribution in [1.29, 1.82) is 0 Å². The highest BCUT2D eigenvalue weighted by atomic mass is 16.2. The van der Waals surface area contributed by atoms with E-state index in [-0.39, 0.29) is 6.04 Å². The van der Waals surface area contributed by atoms with E-state index in [0.29, 0.717) is 11.9 Å². The lowest BCUT2D eigenvalue weighted by Crippen LogP contribution is -2.50. The van der Waals surface area contributed by atoms with Crippen molar-refractivity contribution >= 4 is 5.91 Å². The first-order valence-corrected chi connectivity index (χ1v) is 8.42. The van der Waals surface area contributed by atoms with E-state index in [2.05, 4.69) is 31.0 Å². The Morgan fingerprint density at radius 3 is 2.25 bits per heavy atom. The van der Waals surface area contributed by atoms with Crippen LogP contribution in [0, 0.1) is 5.92 Å². The third kappa shape index (κ3) is 3.95. The summed E-state index contributed by atoms with van der Waals surface area (Å²) in [6.45, 7) is 11.3. The van der Waals surface area contributed by atoms with Crippen molar-refractivity contribution < 1.29 is 4.79 Å². The zero-order valence-corrected chi connectivity index (χ0v) is 13.4. The van der Waals surface area contributed by atoms with Gasteiger partial charge in [-0.2, -0.15) is 0 Å². The average Bonchev–Trinajstić information content (AvgIpc) is 3.31. The molecule has 4 nitrogen and oxygen atoms in total. The second-order valence-electron chi connectivity index (χ2n) is 6.31. The summed E-state index contributed by atoms with van der Waals surface area (Å²) in [6.07, 6.45) is 5.08. The van der Waals surface area contributed by atoms with Gasteiger partial charge in [-0.3, -0.25) is 9.69 Å². The van der Waals surface area contributed by atoms with Gasteiger partial charge >= 0.3 is 0 Å². The van der Waals surface area contributed by atoms with E-state index in [9.17, 15) is 4.79 Å². The predicted octanol–water partition coefficient (Wildman–Crippen LogP) is 1.71. The molecule has 20 heavy (non-hydrogen) atoms. The van der Waals surface area contributed by atoms with Crippen LogP contribution in [0.2, 0.25) is 0 Å². The first kappa shape index (κ1) is 15.8. The van der Waals surface area contributed by atoms with Crippen LogP contribution in [0.15, 0.2) is 0 Å². The molecule has 1 amide bonds. The maximum Gasteiger partial charge on any atom is 0.239 e. The molecule has 1 heterocycles. The number of piperidine rings is 1. The highest BCUT2D eigenvalue weighted by molar-refractivity contribution is 5.81. The topological polar surface area (TPSA) is 35.6 Å². The monoisotopic (exact) mass is 281 g/mol. The van der Waals surface area contributed by atoms with Gasteiger partial charge in [0.2, 0.25) is 5.91 Å². The van der Waals surface area contributed by atoms with Crippen LogP contribution in [0.4, 0.5) is 0 Å². The number of amides is 1. The Bertz CT molecular complexity index is 307. The van der Waals surface area contributed by atoms with Crippen LogP contribution < -0.4 is 5.32 Å². The number of hydrogen-bond donors (Lipinski definition) is 1. The molecular formula is C16H31N3O. The molecule has 4 heteroatoms. The molecule has 1 saturated heterocycles. The van der Waals surface area contributed by atoms with E-state index in [1.165, 1.54) is 25.7 Å². The molecule has 0 spiro atoms. The minimum absolute atomic E-state index is 0.0530. The van der Waals surface area contributed by atoms with Gasteiger partial charge in [-0.05, 0) is 65.5 Å². The van der Waals surface area contributed by atoms with Gasteiger partial charge in [0, 0.05) is 25.7 Å². The molecule has 2 fully saturated rings. The fraction of sp³-hybridized carbons (Fsp3) is 0.938. The molecule has 0 aromatic rings. The summed E-state index contributed by atoms with van der Waals surface area (Å²) < 4.78 is 0. The second kappa shape index (κ2) is 7.41. The molecule has 2 rings (SSSR count). The highest BCUT2D eigenvalue weighted by Gasteiger charge is 2.37. The molecule has 2 aliphatic rings. The number of likely N-dealkylation sites (N-methyl/N-ethyl adjacent to an activating group) is 1. The summed E-state index contributed by atoms with van der Waals surface area (Å²) in [5.41, 5.74) is 0. The summed E-state index contributed by atoms with van der Waals surface area (Å²) in [6, 6.07) is 0.719. The molecule has 1 saturated carbocycles. The van der Waals surface area contributed by atoms with Crippen molar-refractivity contribution in [3.8, 4) is 0 Å². The zero-order valence-electron chi connectivity index (χ0n) is 13.4. The van der Waals surface area contributed by atoms with Crippen molar-refractivity contribution in [3.05, 3.63) is 0 Å². The minimum atomic E-state index is 0.0530. The number of carbonyl (C=O) groups is 1. The molecule has 1 aliphatic heterocycles. The van der Waals surface area contributed by atoms with E-state index in [1.54, 1.807) is 0 Å². The third-order valence-corrected chi connectivity index (χ3v) is 4.87. The molecule has 0 aromatic carbocycles. The molecule has 1 N–H and O–H groups in total. The van der Waals surface area contributed by atoms with Gasteiger partial charge in [-0.15, -0.1) is 0 Å². The van der Waals surface area contributed by atoms with Crippen LogP contribution in [-0.2, 0) is 4.79 Å². The molecule has 0 radical (unpaired) electrons. The maximum atomic E-state index is 12.6. The maximum absolute atomic E-state index is 12.6. The Balaban J connectivity index is 1.94. The van der Waals surface area contributed by atoms with E-state index in [4.69, 9.17) is 0 Å². The van der Waals surface area contributed by atoms with Crippen molar-refractivity contribution in [2.24, 2.45) is 5.92 Å². The molecule has 0 aromatic heterocycles. The molecule has 116 valence electrons. The number of carbonyl (C=O) groups excluding carboxylic acids is 1. The third-order valence-electron chi connectivity index (χ3n) is 4.87. The average molecular weight is 281 g/mol. The van der Waals surface area contributed by atoms with Crippen molar-refractivity contribution in [1.82, 2.24) is 15.1 Å². The summed E-state index contributed by atoms with van der Waals surface area (Å²) in [7, 11) is 0. The van der Waals surface area contributed by atoms with Gasteiger partial charge in [0.15, 0.2) is 0 Å². The summed E-state index contributed by atoms with van der Waals surface area (Å²) in [5.74, 6) is 1.08. The first-order chi connectivity index (χ1) is 9.67. The SMILES string of the molecule is CCN(CC)C(=O)C(C)N(CC1CCNCC1)C1CC1. The van der Waals surface area contributed by atoms with Gasteiger partial charge in [0.1, 0.15) is 0 Å². The molecular weight excluding hydrogens is 250 g/mol. The fourth-order valence-corrected chi connectivity index (χ4v) is 3.33. The van der Waals surface area contributed by atoms with Crippen molar-refractivity contribution in [3.63, 3.8) is 0 Å². The largest absolute Gasteiger partial charge is 0.342 e. The van der Waals surface area contributed by atoms with Crippen LogP contribution in [0.3, 0.4) is 0 Å². The highest BCUT2D eigenvalue weighted by Crippen LogP contribution is 2.31. The number of nitrogens with zero attached hydrogens (tertiary/aromatic N) is 2. The van der Waals surface area contributed by atoms with Crippen LogP contribution in [0.5, 0.6) is 0 Å². The van der Waals surface area contributed by atoms with Crippen molar-refractivity contribution in [2.45, 2.75) is 58.5 Å². The minimum Gasteiger partial charge on any atom is -0.342 e. The second-order valence-corrected chi connectivity index (χ2v) is 6.31. The normalized spacial score (nSPS) is 22.0. The zero-order chi connectivity index (χ0) is 14.5.